The van der Waals surface area contributed by atoms with Gasteiger partial charge in [-0.2, -0.15) is 0 Å². The lowest BCUT2D eigenvalue weighted by atomic mass is 9.85. The van der Waals surface area contributed by atoms with E-state index in [1.807, 2.05) is 6.92 Å². The van der Waals surface area contributed by atoms with Crippen molar-refractivity contribution >= 4 is 5.78 Å². The summed E-state index contributed by atoms with van der Waals surface area (Å²) in [5, 5.41) is 9.65. The molecule has 0 bridgehead atoms. The molecule has 1 aliphatic carbocycles. The maximum absolute atomic E-state index is 11.6. The van der Waals surface area contributed by atoms with Crippen LogP contribution in [-0.4, -0.2) is 17.0 Å². The van der Waals surface area contributed by atoms with Gasteiger partial charge in [-0.05, 0) is 19.3 Å². The fourth-order valence-corrected chi connectivity index (χ4v) is 2.05. The molecule has 1 aliphatic rings. The summed E-state index contributed by atoms with van der Waals surface area (Å²) in [6, 6.07) is 0. The standard InChI is InChI=1S/C11H20O2/c1-2-10(12)9-7-5-3-4-6-8-11(9)13/h9-10,12H,2-8H2,1H3. The molecule has 1 saturated carbocycles. The van der Waals surface area contributed by atoms with Gasteiger partial charge in [-0.1, -0.05) is 26.2 Å². The van der Waals surface area contributed by atoms with Gasteiger partial charge in [-0.15, -0.1) is 0 Å². The summed E-state index contributed by atoms with van der Waals surface area (Å²) in [6.07, 6.45) is 6.41. The summed E-state index contributed by atoms with van der Waals surface area (Å²) >= 11 is 0. The minimum Gasteiger partial charge on any atom is -0.392 e. The lowest BCUT2D eigenvalue weighted by Gasteiger charge is -2.22. The molecule has 2 atom stereocenters. The van der Waals surface area contributed by atoms with E-state index in [4.69, 9.17) is 0 Å². The molecular weight excluding hydrogens is 164 g/mol. The number of carbonyl (C=O) groups excluding carboxylic acids is 1. The van der Waals surface area contributed by atoms with E-state index >= 15 is 0 Å². The Morgan fingerprint density at radius 1 is 1.38 bits per heavy atom. The largest absolute Gasteiger partial charge is 0.392 e. The Labute approximate surface area is 80.3 Å². The molecule has 0 amide bonds. The average Bonchev–Trinajstić information content (AvgIpc) is 2.11. The quantitative estimate of drug-likeness (QED) is 0.715. The van der Waals surface area contributed by atoms with Crippen molar-refractivity contribution in [3.63, 3.8) is 0 Å². The molecule has 0 aromatic heterocycles. The van der Waals surface area contributed by atoms with Crippen LogP contribution in [0.15, 0.2) is 0 Å². The second-order valence-electron chi connectivity index (χ2n) is 4.00. The van der Waals surface area contributed by atoms with Crippen LogP contribution in [0.1, 0.15) is 51.9 Å². The van der Waals surface area contributed by atoms with E-state index in [1.54, 1.807) is 0 Å². The van der Waals surface area contributed by atoms with Crippen molar-refractivity contribution in [2.75, 3.05) is 0 Å². The van der Waals surface area contributed by atoms with Gasteiger partial charge in [0.15, 0.2) is 0 Å². The van der Waals surface area contributed by atoms with Gasteiger partial charge in [0.2, 0.25) is 0 Å². The molecule has 2 nitrogen and oxygen atoms in total. The van der Waals surface area contributed by atoms with Crippen LogP contribution in [-0.2, 0) is 4.79 Å². The number of rotatable bonds is 2. The Morgan fingerprint density at radius 2 is 2.08 bits per heavy atom. The third-order valence-electron chi connectivity index (χ3n) is 2.98. The summed E-state index contributed by atoms with van der Waals surface area (Å²) in [6.45, 7) is 1.94. The second-order valence-corrected chi connectivity index (χ2v) is 4.00. The van der Waals surface area contributed by atoms with Crippen LogP contribution in [0.25, 0.3) is 0 Å². The summed E-state index contributed by atoms with van der Waals surface area (Å²) in [4.78, 5) is 11.6. The Hall–Kier alpha value is -0.370. The van der Waals surface area contributed by atoms with Crippen molar-refractivity contribution in [2.45, 2.75) is 58.0 Å². The van der Waals surface area contributed by atoms with Crippen LogP contribution in [0.3, 0.4) is 0 Å². The van der Waals surface area contributed by atoms with E-state index in [2.05, 4.69) is 0 Å². The summed E-state index contributed by atoms with van der Waals surface area (Å²) in [5.74, 6) is 0.222. The molecule has 1 N–H and O–H groups in total. The predicted molar refractivity (Wildman–Crippen MR) is 52.5 cm³/mol. The normalized spacial score (nSPS) is 27.8. The second kappa shape index (κ2) is 5.38. The first-order valence-corrected chi connectivity index (χ1v) is 5.46. The van der Waals surface area contributed by atoms with Crippen molar-refractivity contribution < 1.29 is 9.90 Å². The highest BCUT2D eigenvalue weighted by atomic mass is 16.3. The third-order valence-corrected chi connectivity index (χ3v) is 2.98. The molecule has 1 rings (SSSR count). The number of aliphatic hydroxyl groups is 1. The number of aliphatic hydroxyl groups excluding tert-OH is 1. The highest BCUT2D eigenvalue weighted by Gasteiger charge is 2.25. The van der Waals surface area contributed by atoms with Gasteiger partial charge in [0, 0.05) is 12.3 Å². The zero-order valence-electron chi connectivity index (χ0n) is 8.46. The maximum atomic E-state index is 11.6. The van der Waals surface area contributed by atoms with Crippen LogP contribution in [0, 0.1) is 5.92 Å². The molecule has 0 radical (unpaired) electrons. The summed E-state index contributed by atoms with van der Waals surface area (Å²) in [7, 11) is 0. The number of ketones is 1. The molecule has 2 heteroatoms. The van der Waals surface area contributed by atoms with Crippen LogP contribution in [0.5, 0.6) is 0 Å². The van der Waals surface area contributed by atoms with Crippen LogP contribution < -0.4 is 0 Å². The van der Waals surface area contributed by atoms with Crippen molar-refractivity contribution in [3.8, 4) is 0 Å². The van der Waals surface area contributed by atoms with Crippen LogP contribution in [0.4, 0.5) is 0 Å². The Morgan fingerprint density at radius 3 is 2.77 bits per heavy atom. The molecule has 76 valence electrons. The first kappa shape index (κ1) is 10.7. The van der Waals surface area contributed by atoms with Crippen LogP contribution in [0.2, 0.25) is 0 Å². The number of hydrogen-bond donors (Lipinski definition) is 1. The van der Waals surface area contributed by atoms with Gasteiger partial charge in [0.05, 0.1) is 6.10 Å². The smallest absolute Gasteiger partial charge is 0.138 e. The van der Waals surface area contributed by atoms with Crippen molar-refractivity contribution in [1.82, 2.24) is 0 Å². The summed E-state index contributed by atoms with van der Waals surface area (Å²) in [5.41, 5.74) is 0. The molecule has 0 spiro atoms. The minimum atomic E-state index is -0.398. The van der Waals surface area contributed by atoms with Gasteiger partial charge in [0.25, 0.3) is 0 Å². The molecule has 0 aromatic carbocycles. The molecule has 2 unspecified atom stereocenters. The zero-order valence-corrected chi connectivity index (χ0v) is 8.46. The van der Waals surface area contributed by atoms with Crippen molar-refractivity contribution in [1.29, 1.82) is 0 Å². The lowest BCUT2D eigenvalue weighted by molar-refractivity contribution is -0.127. The Balaban J connectivity index is 2.51. The highest BCUT2D eigenvalue weighted by molar-refractivity contribution is 5.81. The molecule has 0 heterocycles. The SMILES string of the molecule is CCC(O)C1CCCCCCC1=O. The first-order valence-electron chi connectivity index (χ1n) is 5.46. The summed E-state index contributed by atoms with van der Waals surface area (Å²) < 4.78 is 0. The predicted octanol–water partition coefficient (Wildman–Crippen LogP) is 2.30. The fourth-order valence-electron chi connectivity index (χ4n) is 2.05. The van der Waals surface area contributed by atoms with Crippen molar-refractivity contribution in [2.24, 2.45) is 5.92 Å². The van der Waals surface area contributed by atoms with E-state index in [1.165, 1.54) is 12.8 Å². The van der Waals surface area contributed by atoms with Crippen LogP contribution >= 0.6 is 0 Å². The van der Waals surface area contributed by atoms with Crippen molar-refractivity contribution in [3.05, 3.63) is 0 Å². The van der Waals surface area contributed by atoms with E-state index in [9.17, 15) is 9.90 Å². The van der Waals surface area contributed by atoms with E-state index in [-0.39, 0.29) is 11.7 Å². The number of Topliss-reactive ketones (excluding diaryl/α,β-unsaturated/α-hetero) is 1. The molecule has 0 aliphatic heterocycles. The number of carbonyl (C=O) groups is 1. The molecule has 13 heavy (non-hydrogen) atoms. The molecular formula is C11H20O2. The molecule has 0 aromatic rings. The van der Waals surface area contributed by atoms with E-state index < -0.39 is 6.10 Å². The zero-order chi connectivity index (χ0) is 9.68. The monoisotopic (exact) mass is 184 g/mol. The third kappa shape index (κ3) is 3.11. The number of hydrogen-bond acceptors (Lipinski definition) is 2. The van der Waals surface area contributed by atoms with Gasteiger partial charge in [-0.3, -0.25) is 4.79 Å². The molecule has 0 saturated heterocycles. The molecule has 1 fully saturated rings. The highest BCUT2D eigenvalue weighted by Crippen LogP contribution is 2.23. The van der Waals surface area contributed by atoms with Gasteiger partial charge >= 0.3 is 0 Å². The van der Waals surface area contributed by atoms with E-state index in [0.717, 1.165) is 19.3 Å². The average molecular weight is 184 g/mol. The Kier molecular flexibility index (Phi) is 4.43. The lowest BCUT2D eigenvalue weighted by Crippen LogP contribution is -2.28. The minimum absolute atomic E-state index is 0.0645. The first-order chi connectivity index (χ1) is 6.25. The van der Waals surface area contributed by atoms with E-state index in [0.29, 0.717) is 12.8 Å². The fraction of sp³-hybridized carbons (Fsp3) is 0.909. The maximum Gasteiger partial charge on any atom is 0.138 e. The van der Waals surface area contributed by atoms with Gasteiger partial charge in [0.1, 0.15) is 5.78 Å². The van der Waals surface area contributed by atoms with Gasteiger partial charge in [-0.25, -0.2) is 0 Å². The topological polar surface area (TPSA) is 37.3 Å². The van der Waals surface area contributed by atoms with Gasteiger partial charge < -0.3 is 5.11 Å². The Bertz CT molecular complexity index is 165.